The second kappa shape index (κ2) is 7.65. The number of allylic oxidation sites excluding steroid dienone is 6. The summed E-state index contributed by atoms with van der Waals surface area (Å²) in [6.45, 7) is 16.8. The average molecular weight is 411 g/mol. The maximum atomic E-state index is 10.7. The Morgan fingerprint density at radius 2 is 1.83 bits per heavy atom. The molecular weight excluding hydrogens is 364 g/mol. The fraction of sp³-hybridized carbons (Fsp3) is 0.793. The summed E-state index contributed by atoms with van der Waals surface area (Å²) in [5, 5.41) is 10.7. The molecule has 0 radical (unpaired) electrons. The van der Waals surface area contributed by atoms with Crippen molar-refractivity contribution < 1.29 is 5.11 Å². The van der Waals surface area contributed by atoms with Crippen LogP contribution in [0, 0.1) is 34.0 Å². The molecule has 4 aliphatic rings. The highest BCUT2D eigenvalue weighted by atomic mass is 16.3. The molecule has 1 nitrogen and oxygen atoms in total. The Morgan fingerprint density at radius 1 is 1.10 bits per heavy atom. The molecule has 0 spiro atoms. The first-order valence-corrected chi connectivity index (χ1v) is 12.8. The van der Waals surface area contributed by atoms with Gasteiger partial charge in [0.05, 0.1) is 6.10 Å². The van der Waals surface area contributed by atoms with Crippen LogP contribution in [-0.4, -0.2) is 11.2 Å². The lowest BCUT2D eigenvalue weighted by molar-refractivity contribution is -0.0905. The fourth-order valence-electron chi connectivity index (χ4n) is 8.41. The molecule has 0 bridgehead atoms. The number of rotatable bonds is 4. The van der Waals surface area contributed by atoms with Crippen molar-refractivity contribution in [3.63, 3.8) is 0 Å². The van der Waals surface area contributed by atoms with E-state index in [2.05, 4.69) is 60.6 Å². The van der Waals surface area contributed by atoms with E-state index in [4.69, 9.17) is 0 Å². The molecule has 1 fully saturated rings. The molecule has 0 aromatic heterocycles. The zero-order chi connectivity index (χ0) is 21.9. The predicted octanol–water partition coefficient (Wildman–Crippen LogP) is 8.01. The molecule has 0 aromatic rings. The first-order valence-electron chi connectivity index (χ1n) is 12.8. The molecule has 0 heterocycles. The Bertz CT molecular complexity index is 776. The Hall–Kier alpha value is -0.820. The summed E-state index contributed by atoms with van der Waals surface area (Å²) in [5.41, 5.74) is 7.47. The third kappa shape index (κ3) is 3.30. The maximum absolute atomic E-state index is 10.7. The highest BCUT2D eigenvalue weighted by Crippen LogP contribution is 2.66. The van der Waals surface area contributed by atoms with Crippen LogP contribution in [0.3, 0.4) is 0 Å². The largest absolute Gasteiger partial charge is 0.393 e. The van der Waals surface area contributed by atoms with E-state index in [1.165, 1.54) is 56.9 Å². The van der Waals surface area contributed by atoms with Gasteiger partial charge in [-0.2, -0.15) is 0 Å². The molecule has 4 rings (SSSR count). The van der Waals surface area contributed by atoms with Gasteiger partial charge in [0.15, 0.2) is 0 Å². The van der Waals surface area contributed by atoms with Crippen molar-refractivity contribution in [2.45, 2.75) is 112 Å². The van der Waals surface area contributed by atoms with Crippen molar-refractivity contribution in [3.8, 4) is 0 Å². The minimum atomic E-state index is -0.136. The quantitative estimate of drug-likeness (QED) is 0.465. The number of hydrogen-bond acceptors (Lipinski definition) is 1. The first-order chi connectivity index (χ1) is 14.0. The van der Waals surface area contributed by atoms with E-state index in [1.807, 2.05) is 0 Å². The average Bonchev–Trinajstić information content (AvgIpc) is 3.02. The predicted molar refractivity (Wildman–Crippen MR) is 128 cm³/mol. The summed E-state index contributed by atoms with van der Waals surface area (Å²) in [4.78, 5) is 0. The van der Waals surface area contributed by atoms with Crippen LogP contribution in [0.2, 0.25) is 0 Å². The van der Waals surface area contributed by atoms with Crippen LogP contribution in [0.5, 0.6) is 0 Å². The van der Waals surface area contributed by atoms with Crippen molar-refractivity contribution in [2.24, 2.45) is 34.0 Å². The van der Waals surface area contributed by atoms with E-state index in [1.54, 1.807) is 16.7 Å². The van der Waals surface area contributed by atoms with E-state index in [0.717, 1.165) is 18.3 Å². The van der Waals surface area contributed by atoms with E-state index in [9.17, 15) is 5.11 Å². The van der Waals surface area contributed by atoms with Crippen LogP contribution < -0.4 is 0 Å². The Morgan fingerprint density at radius 3 is 2.53 bits per heavy atom. The number of fused-ring (bicyclic) bond motifs is 4. The minimum Gasteiger partial charge on any atom is -0.393 e. The normalized spacial score (nSPS) is 40.8. The zero-order valence-electron chi connectivity index (χ0n) is 20.8. The second-order valence-electron chi connectivity index (χ2n) is 12.6. The van der Waals surface area contributed by atoms with Crippen molar-refractivity contribution >= 4 is 0 Å². The summed E-state index contributed by atoms with van der Waals surface area (Å²) in [7, 11) is 0. The van der Waals surface area contributed by atoms with E-state index in [0.29, 0.717) is 16.7 Å². The van der Waals surface area contributed by atoms with Gasteiger partial charge in [-0.05, 0) is 117 Å². The molecule has 0 aromatic carbocycles. The highest BCUT2D eigenvalue weighted by Gasteiger charge is 2.57. The highest BCUT2D eigenvalue weighted by molar-refractivity contribution is 5.49. The molecule has 1 saturated carbocycles. The molecule has 4 aliphatic carbocycles. The third-order valence-corrected chi connectivity index (χ3v) is 10.3. The zero-order valence-corrected chi connectivity index (χ0v) is 20.8. The molecule has 6 atom stereocenters. The van der Waals surface area contributed by atoms with Gasteiger partial charge in [0.1, 0.15) is 0 Å². The van der Waals surface area contributed by atoms with Gasteiger partial charge >= 0.3 is 0 Å². The Balaban J connectivity index is 1.60. The van der Waals surface area contributed by atoms with Crippen LogP contribution in [0.4, 0.5) is 0 Å². The second-order valence-corrected chi connectivity index (χ2v) is 12.6. The van der Waals surface area contributed by atoms with Gasteiger partial charge in [-0.15, -0.1) is 0 Å². The van der Waals surface area contributed by atoms with Crippen molar-refractivity contribution in [1.82, 2.24) is 0 Å². The van der Waals surface area contributed by atoms with Crippen LogP contribution in [0.25, 0.3) is 0 Å². The van der Waals surface area contributed by atoms with Gasteiger partial charge in [-0.3, -0.25) is 0 Å². The van der Waals surface area contributed by atoms with Crippen LogP contribution in [0.1, 0.15) is 106 Å². The van der Waals surface area contributed by atoms with Crippen LogP contribution in [0.15, 0.2) is 34.4 Å². The molecule has 168 valence electrons. The summed E-state index contributed by atoms with van der Waals surface area (Å²) < 4.78 is 0. The van der Waals surface area contributed by atoms with Gasteiger partial charge < -0.3 is 5.11 Å². The van der Waals surface area contributed by atoms with Crippen molar-refractivity contribution in [3.05, 3.63) is 34.4 Å². The first kappa shape index (κ1) is 22.4. The molecule has 1 heteroatoms. The number of hydrogen-bond donors (Lipinski definition) is 1. The third-order valence-electron chi connectivity index (χ3n) is 10.3. The lowest BCUT2D eigenvalue weighted by atomic mass is 9.46. The number of aliphatic hydroxyl groups is 1. The molecular formula is C29H46O. The number of aliphatic hydroxyl groups excluding tert-OH is 1. The van der Waals surface area contributed by atoms with Gasteiger partial charge in [0, 0.05) is 0 Å². The maximum Gasteiger partial charge on any atom is 0.0594 e. The smallest absolute Gasteiger partial charge is 0.0594 e. The van der Waals surface area contributed by atoms with Crippen LogP contribution in [-0.2, 0) is 0 Å². The van der Waals surface area contributed by atoms with Gasteiger partial charge in [-0.1, -0.05) is 57.9 Å². The minimum absolute atomic E-state index is 0.0400. The lowest BCUT2D eigenvalue weighted by Gasteiger charge is -2.59. The molecule has 0 aliphatic heterocycles. The summed E-state index contributed by atoms with van der Waals surface area (Å²) in [6.07, 6.45) is 16.0. The molecule has 0 amide bonds. The fourth-order valence-corrected chi connectivity index (χ4v) is 8.41. The van der Waals surface area contributed by atoms with Crippen LogP contribution >= 0.6 is 0 Å². The Labute approximate surface area is 186 Å². The summed E-state index contributed by atoms with van der Waals surface area (Å²) in [5.74, 6) is 2.22. The summed E-state index contributed by atoms with van der Waals surface area (Å²) >= 11 is 0. The standard InChI is InChI=1S/C29H46O/c1-19(2)9-8-10-20(3)22-12-13-23-21-11-14-25-27(4,5)26(30)16-18-29(25,7)24(21)15-17-28(22,23)6/h9,13,20,22,25-26,30H,8,10-12,14-18H2,1-7H3/t20-,22+,25-,26-,28+,29+/m0/s1. The monoisotopic (exact) mass is 410 g/mol. The molecule has 0 unspecified atom stereocenters. The van der Waals surface area contributed by atoms with Crippen molar-refractivity contribution in [2.75, 3.05) is 0 Å². The van der Waals surface area contributed by atoms with Gasteiger partial charge in [0.25, 0.3) is 0 Å². The summed E-state index contributed by atoms with van der Waals surface area (Å²) in [6, 6.07) is 0. The van der Waals surface area contributed by atoms with Gasteiger partial charge in [0.2, 0.25) is 0 Å². The molecule has 30 heavy (non-hydrogen) atoms. The topological polar surface area (TPSA) is 20.2 Å². The molecule has 1 N–H and O–H groups in total. The van der Waals surface area contributed by atoms with E-state index < -0.39 is 0 Å². The van der Waals surface area contributed by atoms with E-state index in [-0.39, 0.29) is 11.5 Å². The SMILES string of the molecule is CC(C)=CCC[C@H](C)[C@H]1CC=C2C3=C(CC[C@@]21C)[C@@]1(C)CC[C@H](O)C(C)(C)[C@@H]1CC3. The lowest BCUT2D eigenvalue weighted by Crippen LogP contribution is -2.53. The molecule has 0 saturated heterocycles. The van der Waals surface area contributed by atoms with E-state index >= 15 is 0 Å². The Kier molecular flexibility index (Phi) is 5.70. The van der Waals surface area contributed by atoms with Gasteiger partial charge in [-0.25, -0.2) is 0 Å². The van der Waals surface area contributed by atoms with Crippen molar-refractivity contribution in [1.29, 1.82) is 0 Å².